The normalized spacial score (nSPS) is 14.1. The molecule has 1 amide bonds. The van der Waals surface area contributed by atoms with Crippen molar-refractivity contribution in [2.24, 2.45) is 11.7 Å². The lowest BCUT2D eigenvalue weighted by Gasteiger charge is -2.15. The van der Waals surface area contributed by atoms with Crippen molar-refractivity contribution in [1.82, 2.24) is 5.32 Å². The number of amides is 1. The monoisotopic (exact) mass is 282 g/mol. The molecule has 0 fully saturated rings. The maximum Gasteiger partial charge on any atom is 0.220 e. The van der Waals surface area contributed by atoms with E-state index in [-0.39, 0.29) is 11.9 Å². The van der Waals surface area contributed by atoms with Gasteiger partial charge in [0.05, 0.1) is 6.04 Å². The van der Waals surface area contributed by atoms with Gasteiger partial charge in [-0.15, -0.1) is 11.3 Å². The zero-order valence-electron chi connectivity index (χ0n) is 12.2. The van der Waals surface area contributed by atoms with Gasteiger partial charge in [0, 0.05) is 16.2 Å². The molecule has 108 valence electrons. The summed E-state index contributed by atoms with van der Waals surface area (Å²) in [5, 5.41) is 3.07. The van der Waals surface area contributed by atoms with Crippen molar-refractivity contribution in [2.75, 3.05) is 6.54 Å². The summed E-state index contributed by atoms with van der Waals surface area (Å²) in [6.07, 6.45) is 3.66. The number of carbonyl (C=O) groups is 1. The summed E-state index contributed by atoms with van der Waals surface area (Å²) in [4.78, 5) is 14.4. The highest BCUT2D eigenvalue weighted by molar-refractivity contribution is 7.12. The fourth-order valence-electron chi connectivity index (χ4n) is 2.19. The third-order valence-electron chi connectivity index (χ3n) is 3.50. The maximum absolute atomic E-state index is 11.9. The average Bonchev–Trinajstić information content (AvgIpc) is 2.81. The molecule has 0 aliphatic rings. The largest absolute Gasteiger partial charge is 0.349 e. The quantitative estimate of drug-likeness (QED) is 0.768. The third-order valence-corrected chi connectivity index (χ3v) is 4.68. The smallest absolute Gasteiger partial charge is 0.220 e. The third kappa shape index (κ3) is 5.74. The fourth-order valence-corrected chi connectivity index (χ4v) is 3.07. The van der Waals surface area contributed by atoms with Gasteiger partial charge < -0.3 is 11.1 Å². The van der Waals surface area contributed by atoms with E-state index in [1.54, 1.807) is 11.3 Å². The predicted molar refractivity (Wildman–Crippen MR) is 82.3 cm³/mol. The minimum absolute atomic E-state index is 0.112. The molecule has 0 aliphatic heterocycles. The van der Waals surface area contributed by atoms with E-state index in [1.165, 1.54) is 9.75 Å². The zero-order valence-corrected chi connectivity index (χ0v) is 13.1. The van der Waals surface area contributed by atoms with Crippen molar-refractivity contribution >= 4 is 17.2 Å². The van der Waals surface area contributed by atoms with Gasteiger partial charge in [-0.2, -0.15) is 0 Å². The van der Waals surface area contributed by atoms with Gasteiger partial charge in [-0.05, 0) is 51.3 Å². The average molecular weight is 282 g/mol. The van der Waals surface area contributed by atoms with E-state index in [0.29, 0.717) is 18.9 Å². The van der Waals surface area contributed by atoms with E-state index in [0.717, 1.165) is 19.3 Å². The van der Waals surface area contributed by atoms with Crippen LogP contribution in [0.4, 0.5) is 0 Å². The van der Waals surface area contributed by atoms with Gasteiger partial charge in [0.2, 0.25) is 5.91 Å². The van der Waals surface area contributed by atoms with Gasteiger partial charge in [-0.3, -0.25) is 4.79 Å². The molecule has 1 heterocycles. The summed E-state index contributed by atoms with van der Waals surface area (Å²) < 4.78 is 0. The van der Waals surface area contributed by atoms with Crippen LogP contribution >= 0.6 is 11.3 Å². The minimum atomic E-state index is 0.112. The lowest BCUT2D eigenvalue weighted by atomic mass is 9.96. The van der Waals surface area contributed by atoms with Crippen LogP contribution in [0.5, 0.6) is 0 Å². The Morgan fingerprint density at radius 3 is 2.68 bits per heavy atom. The number of rotatable bonds is 8. The second-order valence-corrected chi connectivity index (χ2v) is 6.45. The Morgan fingerprint density at radius 1 is 1.42 bits per heavy atom. The van der Waals surface area contributed by atoms with Crippen LogP contribution in [0.15, 0.2) is 12.1 Å². The van der Waals surface area contributed by atoms with Crippen LogP contribution in [0.1, 0.15) is 55.3 Å². The highest BCUT2D eigenvalue weighted by Gasteiger charge is 2.13. The topological polar surface area (TPSA) is 55.1 Å². The van der Waals surface area contributed by atoms with Gasteiger partial charge in [0.15, 0.2) is 0 Å². The first-order chi connectivity index (χ1) is 9.06. The summed E-state index contributed by atoms with van der Waals surface area (Å²) in [5.41, 5.74) is 5.57. The number of carbonyl (C=O) groups excluding carboxylic acids is 1. The highest BCUT2D eigenvalue weighted by atomic mass is 32.1. The van der Waals surface area contributed by atoms with Crippen LogP contribution < -0.4 is 11.1 Å². The van der Waals surface area contributed by atoms with E-state index >= 15 is 0 Å². The van der Waals surface area contributed by atoms with Crippen LogP contribution in [-0.4, -0.2) is 12.5 Å². The molecule has 0 aromatic carbocycles. The number of hydrogen-bond donors (Lipinski definition) is 2. The predicted octanol–water partition coefficient (Wildman–Crippen LogP) is 3.39. The van der Waals surface area contributed by atoms with Crippen molar-refractivity contribution in [3.05, 3.63) is 21.9 Å². The molecule has 1 rings (SSSR count). The summed E-state index contributed by atoms with van der Waals surface area (Å²) >= 11 is 1.74. The molecule has 0 saturated carbocycles. The number of nitrogens with one attached hydrogen (secondary N) is 1. The van der Waals surface area contributed by atoms with Crippen molar-refractivity contribution in [2.45, 2.75) is 52.5 Å². The summed E-state index contributed by atoms with van der Waals surface area (Å²) in [6.45, 7) is 7.00. The zero-order chi connectivity index (χ0) is 14.3. The van der Waals surface area contributed by atoms with E-state index in [1.807, 2.05) is 6.92 Å². The molecule has 0 spiro atoms. The van der Waals surface area contributed by atoms with Crippen molar-refractivity contribution in [3.63, 3.8) is 0 Å². The van der Waals surface area contributed by atoms with E-state index in [9.17, 15) is 4.79 Å². The van der Waals surface area contributed by atoms with Crippen molar-refractivity contribution in [3.8, 4) is 0 Å². The van der Waals surface area contributed by atoms with E-state index in [2.05, 4.69) is 31.3 Å². The molecule has 0 bridgehead atoms. The second kappa shape index (κ2) is 8.33. The molecule has 1 aromatic heterocycles. The molecule has 0 saturated heterocycles. The van der Waals surface area contributed by atoms with Gasteiger partial charge in [-0.25, -0.2) is 0 Å². The maximum atomic E-state index is 11.9. The SMILES string of the molecule is CCC(CCN)CCC(=O)NC(C)c1ccc(C)s1. The molecule has 3 N–H and O–H groups in total. The van der Waals surface area contributed by atoms with Gasteiger partial charge in [0.25, 0.3) is 0 Å². The lowest BCUT2D eigenvalue weighted by Crippen LogP contribution is -2.26. The molecular formula is C15H26N2OS. The molecule has 19 heavy (non-hydrogen) atoms. The van der Waals surface area contributed by atoms with E-state index in [4.69, 9.17) is 5.73 Å². The Bertz CT molecular complexity index is 389. The molecule has 1 aromatic rings. The Balaban J connectivity index is 2.34. The number of hydrogen-bond acceptors (Lipinski definition) is 3. The Labute approximate surface area is 120 Å². The van der Waals surface area contributed by atoms with E-state index < -0.39 is 0 Å². The Kier molecular flexibility index (Phi) is 7.10. The first kappa shape index (κ1) is 16.2. The Hall–Kier alpha value is -0.870. The highest BCUT2D eigenvalue weighted by Crippen LogP contribution is 2.22. The summed E-state index contributed by atoms with van der Waals surface area (Å²) in [7, 11) is 0. The molecule has 2 unspecified atom stereocenters. The molecular weight excluding hydrogens is 256 g/mol. The first-order valence-corrected chi connectivity index (χ1v) is 7.94. The minimum Gasteiger partial charge on any atom is -0.349 e. The summed E-state index contributed by atoms with van der Waals surface area (Å²) in [5.74, 6) is 0.726. The van der Waals surface area contributed by atoms with Gasteiger partial charge in [-0.1, -0.05) is 13.3 Å². The van der Waals surface area contributed by atoms with Crippen LogP contribution in [-0.2, 0) is 4.79 Å². The van der Waals surface area contributed by atoms with Gasteiger partial charge in [0.1, 0.15) is 0 Å². The second-order valence-electron chi connectivity index (χ2n) is 5.13. The summed E-state index contributed by atoms with van der Waals surface area (Å²) in [6, 6.07) is 4.30. The van der Waals surface area contributed by atoms with Crippen molar-refractivity contribution < 1.29 is 4.79 Å². The number of nitrogens with two attached hydrogens (primary N) is 1. The first-order valence-electron chi connectivity index (χ1n) is 7.12. The van der Waals surface area contributed by atoms with Gasteiger partial charge >= 0.3 is 0 Å². The molecule has 4 heteroatoms. The molecule has 2 atom stereocenters. The number of aryl methyl sites for hydroxylation is 1. The van der Waals surface area contributed by atoms with Crippen LogP contribution in [0, 0.1) is 12.8 Å². The van der Waals surface area contributed by atoms with Crippen LogP contribution in [0.3, 0.4) is 0 Å². The van der Waals surface area contributed by atoms with Crippen LogP contribution in [0.25, 0.3) is 0 Å². The van der Waals surface area contributed by atoms with Crippen molar-refractivity contribution in [1.29, 1.82) is 0 Å². The molecule has 0 aliphatic carbocycles. The lowest BCUT2D eigenvalue weighted by molar-refractivity contribution is -0.122. The molecule has 3 nitrogen and oxygen atoms in total. The fraction of sp³-hybridized carbons (Fsp3) is 0.667. The number of thiophene rings is 1. The standard InChI is InChI=1S/C15H26N2OS/c1-4-13(9-10-16)6-8-15(18)17-12(3)14-7-5-11(2)19-14/h5,7,12-13H,4,6,8-10,16H2,1-3H3,(H,17,18). The Morgan fingerprint density at radius 2 is 2.16 bits per heavy atom. The molecule has 0 radical (unpaired) electrons. The van der Waals surface area contributed by atoms with Crippen LogP contribution in [0.2, 0.25) is 0 Å².